The molecule has 0 unspecified atom stereocenters. The van der Waals surface area contributed by atoms with Gasteiger partial charge in [0.25, 0.3) is 5.91 Å². The Kier molecular flexibility index (Phi) is 10.2. The summed E-state index contributed by atoms with van der Waals surface area (Å²) in [6.45, 7) is 4.93. The van der Waals surface area contributed by atoms with Crippen LogP contribution in [0.15, 0.2) is 18.3 Å². The average molecular weight is 363 g/mol. The van der Waals surface area contributed by atoms with Gasteiger partial charge in [0.1, 0.15) is 5.82 Å². The van der Waals surface area contributed by atoms with Crippen molar-refractivity contribution in [3.63, 3.8) is 0 Å². The Balaban J connectivity index is 0.00000242. The zero-order chi connectivity index (χ0) is 15.2. The van der Waals surface area contributed by atoms with Gasteiger partial charge in [-0.25, -0.2) is 4.98 Å². The second kappa shape index (κ2) is 10.7. The number of hydrogen-bond donors (Lipinski definition) is 1. The number of nitrogens with zero attached hydrogens (tertiary/aromatic N) is 3. The number of halogens is 2. The van der Waals surface area contributed by atoms with Crippen LogP contribution in [0.5, 0.6) is 0 Å². The van der Waals surface area contributed by atoms with Gasteiger partial charge in [-0.15, -0.1) is 24.8 Å². The number of carbonyl (C=O) groups is 1. The molecule has 1 amide bonds. The minimum Gasteiger partial charge on any atom is -0.363 e. The number of carbonyl (C=O) groups excluding carboxylic acids is 1. The van der Waals surface area contributed by atoms with E-state index in [0.717, 1.165) is 44.7 Å². The maximum atomic E-state index is 12.8. The molecule has 1 aliphatic heterocycles. The summed E-state index contributed by atoms with van der Waals surface area (Å²) >= 11 is 0. The maximum Gasteiger partial charge on any atom is 0.255 e. The SMILES string of the molecule is CCCN(C(=O)c1ccc(N(C)C)nc1)C1CCNCC1.Cl.Cl. The summed E-state index contributed by atoms with van der Waals surface area (Å²) in [6.07, 6.45) is 4.75. The van der Waals surface area contributed by atoms with E-state index in [0.29, 0.717) is 11.6 Å². The van der Waals surface area contributed by atoms with Crippen LogP contribution < -0.4 is 10.2 Å². The number of aromatic nitrogens is 1. The molecule has 23 heavy (non-hydrogen) atoms. The molecule has 0 radical (unpaired) electrons. The Morgan fingerprint density at radius 1 is 1.26 bits per heavy atom. The van der Waals surface area contributed by atoms with Crippen molar-refractivity contribution in [3.8, 4) is 0 Å². The van der Waals surface area contributed by atoms with Crippen molar-refractivity contribution in [3.05, 3.63) is 23.9 Å². The van der Waals surface area contributed by atoms with Crippen molar-refractivity contribution >= 4 is 36.5 Å². The molecular weight excluding hydrogens is 335 g/mol. The summed E-state index contributed by atoms with van der Waals surface area (Å²) in [6, 6.07) is 4.14. The van der Waals surface area contributed by atoms with Crippen LogP contribution in [0.4, 0.5) is 5.82 Å². The Morgan fingerprint density at radius 2 is 1.91 bits per heavy atom. The van der Waals surface area contributed by atoms with Gasteiger partial charge in [0.15, 0.2) is 0 Å². The first-order valence-electron chi connectivity index (χ1n) is 7.78. The molecule has 0 atom stereocenters. The van der Waals surface area contributed by atoms with Crippen LogP contribution in [0.1, 0.15) is 36.5 Å². The normalized spacial score (nSPS) is 14.4. The number of pyridine rings is 1. The average Bonchev–Trinajstić information content (AvgIpc) is 2.53. The number of piperidine rings is 1. The molecule has 0 spiro atoms. The highest BCUT2D eigenvalue weighted by Crippen LogP contribution is 2.17. The molecule has 5 nitrogen and oxygen atoms in total. The van der Waals surface area contributed by atoms with Gasteiger partial charge in [0.05, 0.1) is 5.56 Å². The monoisotopic (exact) mass is 362 g/mol. The molecule has 0 saturated carbocycles. The van der Waals surface area contributed by atoms with Crippen molar-refractivity contribution < 1.29 is 4.79 Å². The molecule has 7 heteroatoms. The van der Waals surface area contributed by atoms with E-state index in [2.05, 4.69) is 17.2 Å². The van der Waals surface area contributed by atoms with Gasteiger partial charge >= 0.3 is 0 Å². The molecule has 1 fully saturated rings. The third-order valence-electron chi connectivity index (χ3n) is 3.93. The van der Waals surface area contributed by atoms with E-state index in [1.165, 1.54) is 0 Å². The minimum atomic E-state index is 0. The zero-order valence-electron chi connectivity index (χ0n) is 14.1. The number of rotatable bonds is 5. The molecule has 1 aromatic heterocycles. The lowest BCUT2D eigenvalue weighted by Gasteiger charge is -2.34. The number of amides is 1. The van der Waals surface area contributed by atoms with Crippen molar-refractivity contribution in [1.29, 1.82) is 0 Å². The molecule has 1 N–H and O–H groups in total. The van der Waals surface area contributed by atoms with Crippen LogP contribution in [-0.2, 0) is 0 Å². The highest BCUT2D eigenvalue weighted by atomic mass is 35.5. The predicted octanol–water partition coefficient (Wildman–Crippen LogP) is 2.60. The van der Waals surface area contributed by atoms with Crippen LogP contribution in [0.2, 0.25) is 0 Å². The Morgan fingerprint density at radius 3 is 2.39 bits per heavy atom. The smallest absolute Gasteiger partial charge is 0.255 e. The van der Waals surface area contributed by atoms with Crippen LogP contribution >= 0.6 is 24.8 Å². The largest absolute Gasteiger partial charge is 0.363 e. The molecule has 1 aliphatic rings. The fraction of sp³-hybridized carbons (Fsp3) is 0.625. The molecule has 0 aromatic carbocycles. The first-order chi connectivity index (χ1) is 10.1. The van der Waals surface area contributed by atoms with E-state index in [9.17, 15) is 4.79 Å². The number of nitrogens with one attached hydrogen (secondary N) is 1. The summed E-state index contributed by atoms with van der Waals surface area (Å²) < 4.78 is 0. The highest BCUT2D eigenvalue weighted by molar-refractivity contribution is 5.94. The van der Waals surface area contributed by atoms with Crippen LogP contribution in [0, 0.1) is 0 Å². The third kappa shape index (κ3) is 5.83. The topological polar surface area (TPSA) is 48.5 Å². The lowest BCUT2D eigenvalue weighted by molar-refractivity contribution is 0.0642. The molecule has 0 aliphatic carbocycles. The van der Waals surface area contributed by atoms with Gasteiger partial charge in [-0.3, -0.25) is 4.79 Å². The van der Waals surface area contributed by atoms with E-state index in [-0.39, 0.29) is 30.7 Å². The Labute approximate surface area is 151 Å². The summed E-state index contributed by atoms with van der Waals surface area (Å²) in [5.74, 6) is 0.983. The fourth-order valence-electron chi connectivity index (χ4n) is 2.75. The van der Waals surface area contributed by atoms with Crippen molar-refractivity contribution in [2.45, 2.75) is 32.2 Å². The lowest BCUT2D eigenvalue weighted by Crippen LogP contribution is -2.46. The van der Waals surface area contributed by atoms with Gasteiger partial charge in [0.2, 0.25) is 0 Å². The first kappa shape index (κ1) is 22.0. The summed E-state index contributed by atoms with van der Waals surface area (Å²) in [5.41, 5.74) is 0.688. The second-order valence-corrected chi connectivity index (χ2v) is 5.78. The summed E-state index contributed by atoms with van der Waals surface area (Å²) in [5, 5.41) is 3.35. The minimum absolute atomic E-state index is 0. The molecule has 132 valence electrons. The molecule has 2 rings (SSSR count). The predicted molar refractivity (Wildman–Crippen MR) is 100 cm³/mol. The van der Waals surface area contributed by atoms with Gasteiger partial charge in [-0.05, 0) is 44.5 Å². The third-order valence-corrected chi connectivity index (χ3v) is 3.93. The van der Waals surface area contributed by atoms with Crippen molar-refractivity contribution in [2.75, 3.05) is 38.6 Å². The van der Waals surface area contributed by atoms with Crippen LogP contribution in [0.3, 0.4) is 0 Å². The molecule has 0 bridgehead atoms. The van der Waals surface area contributed by atoms with E-state index in [4.69, 9.17) is 0 Å². The van der Waals surface area contributed by atoms with Gasteiger partial charge in [-0.1, -0.05) is 6.92 Å². The number of anilines is 1. The van der Waals surface area contributed by atoms with E-state index < -0.39 is 0 Å². The fourth-order valence-corrected chi connectivity index (χ4v) is 2.75. The standard InChI is InChI=1S/C16H26N4O.2ClH/c1-4-11-20(14-7-9-17-10-8-14)16(21)13-5-6-15(18-12-13)19(2)3;;/h5-6,12,14,17H,4,7-11H2,1-3H3;2*1H. The highest BCUT2D eigenvalue weighted by Gasteiger charge is 2.25. The maximum absolute atomic E-state index is 12.8. The Bertz CT molecular complexity index is 462. The summed E-state index contributed by atoms with van der Waals surface area (Å²) in [7, 11) is 3.89. The molecule has 1 aromatic rings. The van der Waals surface area contributed by atoms with Crippen LogP contribution in [-0.4, -0.2) is 55.6 Å². The zero-order valence-corrected chi connectivity index (χ0v) is 15.8. The van der Waals surface area contributed by atoms with Crippen molar-refractivity contribution in [2.24, 2.45) is 0 Å². The van der Waals surface area contributed by atoms with E-state index >= 15 is 0 Å². The number of hydrogen-bond acceptors (Lipinski definition) is 4. The molecule has 2 heterocycles. The van der Waals surface area contributed by atoms with E-state index in [1.54, 1.807) is 6.20 Å². The van der Waals surface area contributed by atoms with Gasteiger partial charge in [-0.2, -0.15) is 0 Å². The van der Waals surface area contributed by atoms with Gasteiger partial charge in [0, 0.05) is 32.9 Å². The molecule has 1 saturated heterocycles. The van der Waals surface area contributed by atoms with Gasteiger partial charge < -0.3 is 15.1 Å². The second-order valence-electron chi connectivity index (χ2n) is 5.78. The van der Waals surface area contributed by atoms with Crippen LogP contribution in [0.25, 0.3) is 0 Å². The Hall–Kier alpha value is -1.04. The first-order valence-corrected chi connectivity index (χ1v) is 7.78. The summed E-state index contributed by atoms with van der Waals surface area (Å²) in [4.78, 5) is 21.1. The molecular formula is C16H28Cl2N4O. The quantitative estimate of drug-likeness (QED) is 0.874. The van der Waals surface area contributed by atoms with E-state index in [1.807, 2.05) is 36.0 Å². The lowest BCUT2D eigenvalue weighted by atomic mass is 10.0. The van der Waals surface area contributed by atoms with Crippen molar-refractivity contribution in [1.82, 2.24) is 15.2 Å².